The molecule has 4 heteroatoms. The smallest absolute Gasteiger partial charge is 0.227 e. The Balaban J connectivity index is 4.72. The molecule has 0 aromatic rings. The van der Waals surface area contributed by atoms with Gasteiger partial charge in [0, 0.05) is 18.2 Å². The van der Waals surface area contributed by atoms with Crippen LogP contribution in [0.1, 0.15) is 48.0 Å². The zero-order chi connectivity index (χ0) is 13.9. The van der Waals surface area contributed by atoms with Crippen LogP contribution in [0, 0.1) is 11.3 Å². The van der Waals surface area contributed by atoms with Gasteiger partial charge in [-0.1, -0.05) is 13.8 Å². The summed E-state index contributed by atoms with van der Waals surface area (Å²) < 4.78 is 0. The van der Waals surface area contributed by atoms with Gasteiger partial charge in [-0.05, 0) is 40.0 Å². The van der Waals surface area contributed by atoms with Crippen molar-refractivity contribution in [3.8, 4) is 0 Å². The van der Waals surface area contributed by atoms with Crippen LogP contribution in [-0.2, 0) is 4.79 Å². The van der Waals surface area contributed by atoms with Crippen molar-refractivity contribution in [3.05, 3.63) is 0 Å². The molecule has 0 spiro atoms. The molecule has 0 bridgehead atoms. The average Bonchev–Trinajstić information content (AvgIpc) is 2.14. The van der Waals surface area contributed by atoms with E-state index in [0.29, 0.717) is 12.3 Å². The van der Waals surface area contributed by atoms with Crippen LogP contribution < -0.4 is 11.1 Å². The lowest BCUT2D eigenvalue weighted by Gasteiger charge is -2.38. The number of aliphatic hydroxyl groups excluding tert-OH is 1. The second-order valence-electron chi connectivity index (χ2n) is 6.18. The van der Waals surface area contributed by atoms with Gasteiger partial charge in [0.25, 0.3) is 0 Å². The highest BCUT2D eigenvalue weighted by atomic mass is 16.3. The first-order chi connectivity index (χ1) is 7.54. The van der Waals surface area contributed by atoms with Crippen molar-refractivity contribution in [3.63, 3.8) is 0 Å². The number of carbonyl (C=O) groups is 1. The first-order valence-electron chi connectivity index (χ1n) is 6.24. The molecule has 0 saturated heterocycles. The van der Waals surface area contributed by atoms with Crippen molar-refractivity contribution in [1.82, 2.24) is 5.32 Å². The van der Waals surface area contributed by atoms with Crippen LogP contribution in [0.4, 0.5) is 0 Å². The largest absolute Gasteiger partial charge is 0.396 e. The molecule has 0 aromatic carbocycles. The van der Waals surface area contributed by atoms with Crippen molar-refractivity contribution in [2.24, 2.45) is 17.1 Å². The Labute approximate surface area is 105 Å². The first kappa shape index (κ1) is 16.4. The second kappa shape index (κ2) is 5.83. The first-order valence-corrected chi connectivity index (χ1v) is 6.24. The Morgan fingerprint density at radius 3 is 2.06 bits per heavy atom. The van der Waals surface area contributed by atoms with Gasteiger partial charge < -0.3 is 16.2 Å². The molecule has 1 atom stereocenters. The summed E-state index contributed by atoms with van der Waals surface area (Å²) in [5.74, 6) is 0.236. The number of hydrogen-bond acceptors (Lipinski definition) is 3. The number of hydrogen-bond donors (Lipinski definition) is 3. The minimum absolute atomic E-state index is 0.00544. The van der Waals surface area contributed by atoms with E-state index >= 15 is 0 Å². The quantitative estimate of drug-likeness (QED) is 0.658. The molecule has 0 aliphatic carbocycles. The second-order valence-corrected chi connectivity index (χ2v) is 6.18. The molecule has 0 fully saturated rings. The number of aliphatic hydroxyl groups is 1. The number of nitrogens with one attached hydrogen (secondary N) is 1. The third-order valence-electron chi connectivity index (χ3n) is 3.74. The molecule has 0 radical (unpaired) electrons. The molecule has 0 saturated carbocycles. The van der Waals surface area contributed by atoms with Crippen LogP contribution in [0.2, 0.25) is 0 Å². The summed E-state index contributed by atoms with van der Waals surface area (Å²) in [6.07, 6.45) is 0.574. The summed E-state index contributed by atoms with van der Waals surface area (Å²) >= 11 is 0. The summed E-state index contributed by atoms with van der Waals surface area (Å²) in [7, 11) is 0. The fraction of sp³-hybridized carbons (Fsp3) is 0.923. The van der Waals surface area contributed by atoms with Gasteiger partial charge >= 0.3 is 0 Å². The van der Waals surface area contributed by atoms with E-state index in [1.54, 1.807) is 0 Å². The molecule has 4 nitrogen and oxygen atoms in total. The molecule has 0 aromatic heterocycles. The summed E-state index contributed by atoms with van der Waals surface area (Å²) in [4.78, 5) is 12.2. The molecule has 102 valence electrons. The SMILES string of the molecule is CC(C)C(CCO)NC(=O)C(C)(C)C(C)(C)N. The van der Waals surface area contributed by atoms with Gasteiger partial charge in [0.2, 0.25) is 5.91 Å². The Kier molecular flexibility index (Phi) is 5.62. The van der Waals surface area contributed by atoms with Crippen molar-refractivity contribution in [1.29, 1.82) is 0 Å². The lowest BCUT2D eigenvalue weighted by Crippen LogP contribution is -2.57. The topological polar surface area (TPSA) is 75.3 Å². The Morgan fingerprint density at radius 1 is 1.29 bits per heavy atom. The minimum atomic E-state index is -0.643. The monoisotopic (exact) mass is 244 g/mol. The van der Waals surface area contributed by atoms with Crippen molar-refractivity contribution < 1.29 is 9.90 Å². The minimum Gasteiger partial charge on any atom is -0.396 e. The van der Waals surface area contributed by atoms with Crippen LogP contribution >= 0.6 is 0 Å². The van der Waals surface area contributed by atoms with E-state index in [-0.39, 0.29) is 18.6 Å². The normalized spacial score (nSPS) is 14.9. The van der Waals surface area contributed by atoms with Gasteiger partial charge in [-0.3, -0.25) is 4.79 Å². The predicted octanol–water partition coefficient (Wildman–Crippen LogP) is 1.27. The maximum absolute atomic E-state index is 12.2. The van der Waals surface area contributed by atoms with Gasteiger partial charge in [-0.2, -0.15) is 0 Å². The van der Waals surface area contributed by atoms with Crippen LogP contribution in [0.5, 0.6) is 0 Å². The van der Waals surface area contributed by atoms with E-state index in [9.17, 15) is 4.79 Å². The standard InChI is InChI=1S/C13H28N2O2/c1-9(2)10(7-8-16)15-11(17)12(3,4)13(5,6)14/h9-10,16H,7-8,14H2,1-6H3,(H,15,17). The Morgan fingerprint density at radius 2 is 1.76 bits per heavy atom. The van der Waals surface area contributed by atoms with Crippen LogP contribution in [-0.4, -0.2) is 29.2 Å². The summed E-state index contributed by atoms with van der Waals surface area (Å²) in [6.45, 7) is 11.5. The summed E-state index contributed by atoms with van der Waals surface area (Å²) in [6, 6.07) is -0.00544. The van der Waals surface area contributed by atoms with Crippen LogP contribution in [0.15, 0.2) is 0 Å². The van der Waals surface area contributed by atoms with Gasteiger partial charge in [-0.25, -0.2) is 0 Å². The molecule has 0 rings (SSSR count). The zero-order valence-corrected chi connectivity index (χ0v) is 12.0. The van der Waals surface area contributed by atoms with E-state index in [1.807, 2.05) is 41.5 Å². The van der Waals surface area contributed by atoms with Gasteiger partial charge in [0.05, 0.1) is 5.41 Å². The fourth-order valence-corrected chi connectivity index (χ4v) is 1.35. The number of rotatable bonds is 6. The molecule has 0 heterocycles. The number of amides is 1. The maximum Gasteiger partial charge on any atom is 0.227 e. The molecule has 0 aliphatic heterocycles. The third-order valence-corrected chi connectivity index (χ3v) is 3.74. The van der Waals surface area contributed by atoms with Crippen LogP contribution in [0.3, 0.4) is 0 Å². The van der Waals surface area contributed by atoms with E-state index in [2.05, 4.69) is 5.32 Å². The zero-order valence-electron chi connectivity index (χ0n) is 12.0. The Hall–Kier alpha value is -0.610. The molecule has 1 amide bonds. The number of carbonyl (C=O) groups excluding carboxylic acids is 1. The predicted molar refractivity (Wildman–Crippen MR) is 70.5 cm³/mol. The van der Waals surface area contributed by atoms with E-state index in [4.69, 9.17) is 10.8 Å². The van der Waals surface area contributed by atoms with Gasteiger partial charge in [0.1, 0.15) is 0 Å². The van der Waals surface area contributed by atoms with Crippen LogP contribution in [0.25, 0.3) is 0 Å². The van der Waals surface area contributed by atoms with Gasteiger partial charge in [-0.15, -0.1) is 0 Å². The van der Waals surface area contributed by atoms with E-state index in [0.717, 1.165) is 0 Å². The van der Waals surface area contributed by atoms with E-state index in [1.165, 1.54) is 0 Å². The fourth-order valence-electron chi connectivity index (χ4n) is 1.35. The third kappa shape index (κ3) is 4.28. The maximum atomic E-state index is 12.2. The highest BCUT2D eigenvalue weighted by molar-refractivity contribution is 5.83. The molecular weight excluding hydrogens is 216 g/mol. The average molecular weight is 244 g/mol. The van der Waals surface area contributed by atoms with Gasteiger partial charge in [0.15, 0.2) is 0 Å². The lowest BCUT2D eigenvalue weighted by atomic mass is 9.74. The molecular formula is C13H28N2O2. The number of nitrogens with two attached hydrogens (primary N) is 1. The highest BCUT2D eigenvalue weighted by Crippen LogP contribution is 2.28. The van der Waals surface area contributed by atoms with Crippen molar-refractivity contribution in [2.45, 2.75) is 59.5 Å². The molecule has 17 heavy (non-hydrogen) atoms. The summed E-state index contributed by atoms with van der Waals surface area (Å²) in [5, 5.41) is 12.0. The van der Waals surface area contributed by atoms with Crippen molar-refractivity contribution in [2.75, 3.05) is 6.61 Å². The molecule has 4 N–H and O–H groups in total. The molecule has 0 aliphatic rings. The summed E-state index contributed by atoms with van der Waals surface area (Å²) in [5.41, 5.74) is 4.80. The molecule has 1 unspecified atom stereocenters. The van der Waals surface area contributed by atoms with Crippen molar-refractivity contribution >= 4 is 5.91 Å². The Bertz CT molecular complexity index is 255. The highest BCUT2D eigenvalue weighted by Gasteiger charge is 2.41. The van der Waals surface area contributed by atoms with E-state index < -0.39 is 11.0 Å². The lowest BCUT2D eigenvalue weighted by molar-refractivity contribution is -0.133.